The Bertz CT molecular complexity index is 867. The Labute approximate surface area is 142 Å². The smallest absolute Gasteiger partial charge is 0.238 e. The van der Waals surface area contributed by atoms with Gasteiger partial charge in [-0.2, -0.15) is 4.98 Å². The second-order valence-electron chi connectivity index (χ2n) is 5.87. The molecule has 128 valence electrons. The Morgan fingerprint density at radius 2 is 2.04 bits per heavy atom. The second-order valence-corrected chi connectivity index (χ2v) is 7.43. The van der Waals surface area contributed by atoms with Crippen LogP contribution >= 0.6 is 0 Å². The molecule has 2 aromatic rings. The molecule has 2 heterocycles. The number of nitrogens with two attached hydrogens (primary N) is 1. The predicted octanol–water partition coefficient (Wildman–Crippen LogP) is 1.43. The highest BCUT2D eigenvalue weighted by molar-refractivity contribution is 7.89. The maximum absolute atomic E-state index is 11.6. The molecule has 0 bridgehead atoms. The topological polar surface area (TPSA) is 101 Å². The van der Waals surface area contributed by atoms with E-state index in [2.05, 4.69) is 20.2 Å². The lowest BCUT2D eigenvalue weighted by Gasteiger charge is -2.30. The van der Waals surface area contributed by atoms with Crippen LogP contribution in [0.15, 0.2) is 29.2 Å². The first-order chi connectivity index (χ1) is 11.4. The maximum Gasteiger partial charge on any atom is 0.238 e. The molecule has 0 atom stereocenters. The number of anilines is 2. The molecule has 1 aliphatic heterocycles. The van der Waals surface area contributed by atoms with E-state index in [0.29, 0.717) is 12.5 Å². The SMILES string of the molecule is CCNc1nc(C)cc(N2CCc3ccc(S(N)(=O)=O)cc3C2)n1. The third-order valence-electron chi connectivity index (χ3n) is 4.02. The van der Waals surface area contributed by atoms with Crippen LogP contribution in [0.5, 0.6) is 0 Å². The van der Waals surface area contributed by atoms with Gasteiger partial charge in [0.2, 0.25) is 16.0 Å². The summed E-state index contributed by atoms with van der Waals surface area (Å²) in [4.78, 5) is 11.2. The minimum absolute atomic E-state index is 0.148. The molecule has 0 fully saturated rings. The standard InChI is InChI=1S/C16H21N5O2S/c1-3-18-16-19-11(2)8-15(20-16)21-7-6-12-4-5-14(24(17,22)23)9-13(12)10-21/h4-5,8-9H,3,6-7,10H2,1-2H3,(H2,17,22,23)(H,18,19,20). The number of hydrogen-bond acceptors (Lipinski definition) is 6. The van der Waals surface area contributed by atoms with Gasteiger partial charge in [0, 0.05) is 31.4 Å². The fraction of sp³-hybridized carbons (Fsp3) is 0.375. The summed E-state index contributed by atoms with van der Waals surface area (Å²) in [6.45, 7) is 6.11. The average Bonchev–Trinajstić information content (AvgIpc) is 2.52. The summed E-state index contributed by atoms with van der Waals surface area (Å²) in [5.74, 6) is 1.45. The van der Waals surface area contributed by atoms with E-state index in [-0.39, 0.29) is 4.90 Å². The van der Waals surface area contributed by atoms with Gasteiger partial charge in [-0.1, -0.05) is 6.07 Å². The van der Waals surface area contributed by atoms with Crippen LogP contribution in [0.25, 0.3) is 0 Å². The number of nitrogens with zero attached hydrogens (tertiary/aromatic N) is 3. The highest BCUT2D eigenvalue weighted by atomic mass is 32.2. The molecule has 1 aromatic heterocycles. The van der Waals surface area contributed by atoms with E-state index in [1.165, 1.54) is 0 Å². The summed E-state index contributed by atoms with van der Waals surface area (Å²) in [5.41, 5.74) is 3.01. The van der Waals surface area contributed by atoms with Crippen LogP contribution in [0, 0.1) is 6.92 Å². The molecule has 7 nitrogen and oxygen atoms in total. The fourth-order valence-electron chi connectivity index (χ4n) is 2.86. The van der Waals surface area contributed by atoms with Crippen LogP contribution in [0.4, 0.5) is 11.8 Å². The molecule has 0 unspecified atom stereocenters. The lowest BCUT2D eigenvalue weighted by Crippen LogP contribution is -2.31. The van der Waals surface area contributed by atoms with Gasteiger partial charge in [0.05, 0.1) is 4.90 Å². The van der Waals surface area contributed by atoms with Gasteiger partial charge in [-0.15, -0.1) is 0 Å². The minimum atomic E-state index is -3.69. The molecule has 1 aliphatic rings. The van der Waals surface area contributed by atoms with Crippen LogP contribution in [-0.2, 0) is 23.0 Å². The summed E-state index contributed by atoms with van der Waals surface area (Å²) >= 11 is 0. The van der Waals surface area contributed by atoms with Gasteiger partial charge in [-0.3, -0.25) is 0 Å². The number of aryl methyl sites for hydroxylation is 1. The highest BCUT2D eigenvalue weighted by Gasteiger charge is 2.20. The number of rotatable bonds is 4. The van der Waals surface area contributed by atoms with Crippen molar-refractivity contribution >= 4 is 21.8 Å². The zero-order valence-electron chi connectivity index (χ0n) is 13.8. The van der Waals surface area contributed by atoms with E-state index < -0.39 is 10.0 Å². The zero-order valence-corrected chi connectivity index (χ0v) is 14.6. The van der Waals surface area contributed by atoms with E-state index in [0.717, 1.165) is 42.1 Å². The van der Waals surface area contributed by atoms with E-state index in [1.807, 2.05) is 26.0 Å². The van der Waals surface area contributed by atoms with Crippen LogP contribution in [0.3, 0.4) is 0 Å². The normalized spacial score (nSPS) is 14.4. The van der Waals surface area contributed by atoms with E-state index in [1.54, 1.807) is 12.1 Å². The Hall–Kier alpha value is -2.19. The Morgan fingerprint density at radius 3 is 2.75 bits per heavy atom. The lowest BCUT2D eigenvalue weighted by atomic mass is 10.00. The summed E-state index contributed by atoms with van der Waals surface area (Å²) in [5, 5.41) is 8.37. The van der Waals surface area contributed by atoms with E-state index >= 15 is 0 Å². The fourth-order valence-corrected chi connectivity index (χ4v) is 3.42. The first-order valence-electron chi connectivity index (χ1n) is 7.86. The quantitative estimate of drug-likeness (QED) is 0.867. The molecule has 0 spiro atoms. The minimum Gasteiger partial charge on any atom is -0.354 e. The Kier molecular flexibility index (Phi) is 4.42. The molecule has 0 saturated carbocycles. The molecule has 0 radical (unpaired) electrons. The molecular weight excluding hydrogens is 326 g/mol. The van der Waals surface area contributed by atoms with Crippen LogP contribution in [0.2, 0.25) is 0 Å². The van der Waals surface area contributed by atoms with Gasteiger partial charge in [-0.05, 0) is 43.5 Å². The molecular formula is C16H21N5O2S. The summed E-state index contributed by atoms with van der Waals surface area (Å²) in [7, 11) is -3.69. The zero-order chi connectivity index (χ0) is 17.3. The van der Waals surface area contributed by atoms with Crippen molar-refractivity contribution in [3.05, 3.63) is 41.1 Å². The Balaban J connectivity index is 1.92. The van der Waals surface area contributed by atoms with Gasteiger partial charge in [-0.25, -0.2) is 18.5 Å². The van der Waals surface area contributed by atoms with E-state index in [4.69, 9.17) is 5.14 Å². The van der Waals surface area contributed by atoms with Gasteiger partial charge >= 0.3 is 0 Å². The molecule has 0 aliphatic carbocycles. The summed E-state index contributed by atoms with van der Waals surface area (Å²) in [6, 6.07) is 7.02. The van der Waals surface area contributed by atoms with Gasteiger partial charge < -0.3 is 10.2 Å². The van der Waals surface area contributed by atoms with Crippen LogP contribution in [0.1, 0.15) is 23.7 Å². The van der Waals surface area contributed by atoms with Crippen molar-refractivity contribution in [3.63, 3.8) is 0 Å². The van der Waals surface area contributed by atoms with Crippen molar-refractivity contribution < 1.29 is 8.42 Å². The van der Waals surface area contributed by atoms with Crippen LogP contribution < -0.4 is 15.4 Å². The van der Waals surface area contributed by atoms with Crippen molar-refractivity contribution in [2.75, 3.05) is 23.3 Å². The van der Waals surface area contributed by atoms with Crippen molar-refractivity contribution in [3.8, 4) is 0 Å². The number of sulfonamides is 1. The molecule has 3 rings (SSSR count). The molecule has 24 heavy (non-hydrogen) atoms. The highest BCUT2D eigenvalue weighted by Crippen LogP contribution is 2.26. The molecule has 0 saturated heterocycles. The first kappa shape index (κ1) is 16.7. The number of primary sulfonamides is 1. The number of nitrogens with one attached hydrogen (secondary N) is 1. The number of hydrogen-bond donors (Lipinski definition) is 2. The predicted molar refractivity (Wildman–Crippen MR) is 93.5 cm³/mol. The van der Waals surface area contributed by atoms with Crippen molar-refractivity contribution in [2.45, 2.75) is 31.7 Å². The number of aromatic nitrogens is 2. The van der Waals surface area contributed by atoms with Crippen molar-refractivity contribution in [1.29, 1.82) is 0 Å². The summed E-state index contributed by atoms with van der Waals surface area (Å²) < 4.78 is 23.1. The average molecular weight is 347 g/mol. The Morgan fingerprint density at radius 1 is 1.25 bits per heavy atom. The summed E-state index contributed by atoms with van der Waals surface area (Å²) in [6.07, 6.45) is 0.833. The number of fused-ring (bicyclic) bond motifs is 1. The molecule has 8 heteroatoms. The largest absolute Gasteiger partial charge is 0.354 e. The lowest BCUT2D eigenvalue weighted by molar-refractivity contribution is 0.597. The molecule has 0 amide bonds. The molecule has 3 N–H and O–H groups in total. The maximum atomic E-state index is 11.6. The van der Waals surface area contributed by atoms with Crippen molar-refractivity contribution in [2.24, 2.45) is 5.14 Å². The van der Waals surface area contributed by atoms with E-state index in [9.17, 15) is 8.42 Å². The van der Waals surface area contributed by atoms with Crippen LogP contribution in [-0.4, -0.2) is 31.5 Å². The van der Waals surface area contributed by atoms with Gasteiger partial charge in [0.15, 0.2) is 0 Å². The first-order valence-corrected chi connectivity index (χ1v) is 9.40. The second kappa shape index (κ2) is 6.37. The van der Waals surface area contributed by atoms with Gasteiger partial charge in [0.1, 0.15) is 5.82 Å². The van der Waals surface area contributed by atoms with Gasteiger partial charge in [0.25, 0.3) is 0 Å². The third-order valence-corrected chi connectivity index (χ3v) is 4.93. The monoisotopic (exact) mass is 347 g/mol. The molecule has 1 aromatic carbocycles. The third kappa shape index (κ3) is 3.49. The number of benzene rings is 1. The van der Waals surface area contributed by atoms with Crippen molar-refractivity contribution in [1.82, 2.24) is 9.97 Å².